The van der Waals surface area contributed by atoms with E-state index in [9.17, 15) is 5.11 Å². The molecule has 0 saturated carbocycles. The molecule has 1 heterocycles. The van der Waals surface area contributed by atoms with Crippen molar-refractivity contribution in [3.63, 3.8) is 0 Å². The summed E-state index contributed by atoms with van der Waals surface area (Å²) in [6, 6.07) is 11.4. The Hall–Kier alpha value is -1.52. The van der Waals surface area contributed by atoms with Gasteiger partial charge in [0.1, 0.15) is 5.75 Å². The second-order valence-electron chi connectivity index (χ2n) is 3.33. The molecule has 0 aliphatic rings. The number of phenols is 1. The molecule has 2 nitrogen and oxygen atoms in total. The molecule has 0 bridgehead atoms. The zero-order valence-electron chi connectivity index (χ0n) is 8.95. The van der Waals surface area contributed by atoms with Crippen molar-refractivity contribution in [2.24, 2.45) is 0 Å². The van der Waals surface area contributed by atoms with Gasteiger partial charge < -0.3 is 5.11 Å². The fourth-order valence-corrected chi connectivity index (χ4v) is 1.97. The lowest BCUT2D eigenvalue weighted by atomic mass is 10.1. The smallest absolute Gasteiger partial charge is 0.136 e. The largest absolute Gasteiger partial charge is 0.506 e. The van der Waals surface area contributed by atoms with E-state index < -0.39 is 0 Å². The summed E-state index contributed by atoms with van der Waals surface area (Å²) in [4.78, 5) is 4.36. The van der Waals surface area contributed by atoms with Gasteiger partial charge in [-0.3, -0.25) is 4.98 Å². The molecule has 0 radical (unpaired) electrons. The maximum Gasteiger partial charge on any atom is 0.136 e. The summed E-state index contributed by atoms with van der Waals surface area (Å²) < 4.78 is 0. The second-order valence-corrected chi connectivity index (χ2v) is 4.57. The molecule has 1 N–H and O–H groups in total. The second kappa shape index (κ2) is 5.70. The van der Waals surface area contributed by atoms with Crippen molar-refractivity contribution in [3.8, 4) is 5.75 Å². The normalized spacial score (nSPS) is 9.71. The summed E-state index contributed by atoms with van der Waals surface area (Å²) in [5.74, 6) is 0.261. The lowest BCUT2D eigenvalue weighted by molar-refractivity contribution is 0.469. The van der Waals surface area contributed by atoms with Crippen LogP contribution in [0.3, 0.4) is 0 Å². The summed E-state index contributed by atoms with van der Waals surface area (Å²) in [6.07, 6.45) is 1.77. The number of hydrogen-bond donors (Lipinski definition) is 2. The SMILES string of the molecule is Oc1c(S)ccc2ccccc12.c1cscn1. The van der Waals surface area contributed by atoms with E-state index in [1.54, 1.807) is 29.1 Å². The van der Waals surface area contributed by atoms with E-state index in [0.29, 0.717) is 4.90 Å². The van der Waals surface area contributed by atoms with Crippen molar-refractivity contribution in [1.29, 1.82) is 0 Å². The van der Waals surface area contributed by atoms with Gasteiger partial charge in [0.2, 0.25) is 0 Å². The summed E-state index contributed by atoms with van der Waals surface area (Å²) in [5.41, 5.74) is 1.79. The average molecular weight is 261 g/mol. The molecule has 0 unspecified atom stereocenters. The lowest BCUT2D eigenvalue weighted by Crippen LogP contribution is -1.74. The zero-order valence-corrected chi connectivity index (χ0v) is 10.7. The molecule has 4 heteroatoms. The summed E-state index contributed by atoms with van der Waals surface area (Å²) >= 11 is 5.73. The number of nitrogens with zero attached hydrogens (tertiary/aromatic N) is 1. The van der Waals surface area contributed by atoms with Crippen LogP contribution in [0.1, 0.15) is 0 Å². The van der Waals surface area contributed by atoms with Crippen molar-refractivity contribution >= 4 is 34.7 Å². The van der Waals surface area contributed by atoms with Crippen LogP contribution in [0.25, 0.3) is 10.8 Å². The third-order valence-corrected chi connectivity index (χ3v) is 3.11. The predicted octanol–water partition coefficient (Wildman–Crippen LogP) is 3.98. The quantitative estimate of drug-likeness (QED) is 0.600. The molecule has 0 aliphatic carbocycles. The number of aromatic nitrogens is 1. The van der Waals surface area contributed by atoms with Gasteiger partial charge in [0.15, 0.2) is 0 Å². The van der Waals surface area contributed by atoms with Gasteiger partial charge in [-0.05, 0) is 11.5 Å². The van der Waals surface area contributed by atoms with E-state index >= 15 is 0 Å². The molecular weight excluding hydrogens is 250 g/mol. The molecule has 0 saturated heterocycles. The van der Waals surface area contributed by atoms with Gasteiger partial charge in [0, 0.05) is 21.9 Å². The Labute approximate surface area is 109 Å². The lowest BCUT2D eigenvalue weighted by Gasteiger charge is -2.01. The van der Waals surface area contributed by atoms with Gasteiger partial charge in [-0.25, -0.2) is 0 Å². The summed E-state index contributed by atoms with van der Waals surface area (Å²) in [7, 11) is 0. The maximum absolute atomic E-state index is 9.58. The van der Waals surface area contributed by atoms with Gasteiger partial charge in [0.25, 0.3) is 0 Å². The summed E-state index contributed by atoms with van der Waals surface area (Å²) in [6.45, 7) is 0. The molecule has 86 valence electrons. The highest BCUT2D eigenvalue weighted by atomic mass is 32.1. The third kappa shape index (κ3) is 2.99. The number of thiol groups is 1. The number of rotatable bonds is 0. The number of benzene rings is 2. The molecule has 17 heavy (non-hydrogen) atoms. The molecule has 0 amide bonds. The van der Waals surface area contributed by atoms with E-state index in [1.807, 2.05) is 35.7 Å². The van der Waals surface area contributed by atoms with Crippen molar-refractivity contribution in [2.45, 2.75) is 4.90 Å². The Morgan fingerprint density at radius 3 is 2.59 bits per heavy atom. The third-order valence-electron chi connectivity index (χ3n) is 2.23. The van der Waals surface area contributed by atoms with Gasteiger partial charge in [-0.1, -0.05) is 30.3 Å². The van der Waals surface area contributed by atoms with E-state index in [2.05, 4.69) is 17.6 Å². The van der Waals surface area contributed by atoms with Gasteiger partial charge in [-0.15, -0.1) is 24.0 Å². The van der Waals surface area contributed by atoms with Crippen molar-refractivity contribution < 1.29 is 5.11 Å². The molecule has 1 aromatic heterocycles. The Morgan fingerprint density at radius 1 is 1.12 bits per heavy atom. The standard InChI is InChI=1S/C10H8OS.C3H3NS/c11-10-8-4-2-1-3-7(8)5-6-9(10)12;1-2-5-3-4-1/h1-6,11-12H;1-3H. The maximum atomic E-state index is 9.58. The Bertz CT molecular complexity index is 576. The molecule has 0 spiro atoms. The number of aromatic hydroxyl groups is 1. The van der Waals surface area contributed by atoms with Crippen LogP contribution in [0, 0.1) is 0 Å². The highest BCUT2D eigenvalue weighted by Gasteiger charge is 2.00. The van der Waals surface area contributed by atoms with Crippen LogP contribution >= 0.6 is 24.0 Å². The van der Waals surface area contributed by atoms with Crippen LogP contribution in [0.15, 0.2) is 58.4 Å². The average Bonchev–Trinajstić information content (AvgIpc) is 2.93. The first-order valence-electron chi connectivity index (χ1n) is 5.01. The van der Waals surface area contributed by atoms with Crippen LogP contribution in [-0.4, -0.2) is 10.1 Å². The Kier molecular flexibility index (Phi) is 4.01. The highest BCUT2D eigenvalue weighted by molar-refractivity contribution is 7.80. The molecule has 0 fully saturated rings. The minimum atomic E-state index is 0.261. The number of thiazole rings is 1. The Balaban J connectivity index is 0.000000181. The van der Waals surface area contributed by atoms with Crippen molar-refractivity contribution in [1.82, 2.24) is 4.98 Å². The number of hydrogen-bond acceptors (Lipinski definition) is 4. The van der Waals surface area contributed by atoms with Crippen molar-refractivity contribution in [2.75, 3.05) is 0 Å². The first kappa shape index (κ1) is 12.0. The van der Waals surface area contributed by atoms with Crippen LogP contribution in [-0.2, 0) is 0 Å². The fraction of sp³-hybridized carbons (Fsp3) is 0. The van der Waals surface area contributed by atoms with E-state index in [-0.39, 0.29) is 5.75 Å². The molecule has 0 atom stereocenters. The van der Waals surface area contributed by atoms with Crippen LogP contribution < -0.4 is 0 Å². The fourth-order valence-electron chi connectivity index (χ4n) is 1.42. The van der Waals surface area contributed by atoms with Crippen LogP contribution in [0.2, 0.25) is 0 Å². The van der Waals surface area contributed by atoms with E-state index in [0.717, 1.165) is 10.8 Å². The van der Waals surface area contributed by atoms with Gasteiger partial charge >= 0.3 is 0 Å². The van der Waals surface area contributed by atoms with E-state index in [1.165, 1.54) is 0 Å². The molecule has 0 aliphatic heterocycles. The van der Waals surface area contributed by atoms with Crippen molar-refractivity contribution in [3.05, 3.63) is 53.5 Å². The van der Waals surface area contributed by atoms with Gasteiger partial charge in [0.05, 0.1) is 5.51 Å². The van der Waals surface area contributed by atoms with Crippen LogP contribution in [0.5, 0.6) is 5.75 Å². The first-order chi connectivity index (χ1) is 8.29. The molecule has 3 rings (SSSR count). The predicted molar refractivity (Wildman–Crippen MR) is 75.0 cm³/mol. The molecule has 3 aromatic rings. The minimum absolute atomic E-state index is 0.261. The van der Waals surface area contributed by atoms with E-state index in [4.69, 9.17) is 0 Å². The minimum Gasteiger partial charge on any atom is -0.506 e. The zero-order chi connectivity index (χ0) is 12.1. The highest BCUT2D eigenvalue weighted by Crippen LogP contribution is 2.30. The van der Waals surface area contributed by atoms with Gasteiger partial charge in [-0.2, -0.15) is 0 Å². The number of phenolic OH excluding ortho intramolecular Hbond substituents is 1. The summed E-state index contributed by atoms with van der Waals surface area (Å²) in [5, 5.41) is 13.4. The number of fused-ring (bicyclic) bond motifs is 1. The Morgan fingerprint density at radius 2 is 1.94 bits per heavy atom. The molecule has 2 aromatic carbocycles. The first-order valence-corrected chi connectivity index (χ1v) is 6.40. The topological polar surface area (TPSA) is 33.1 Å². The van der Waals surface area contributed by atoms with Crippen LogP contribution in [0.4, 0.5) is 0 Å². The monoisotopic (exact) mass is 261 g/mol. The molecular formula is C13H11NOS2.